The molecule has 130 valence electrons. The molecule has 1 aromatic heterocycles. The molecule has 1 fully saturated rings. The van der Waals surface area contributed by atoms with Crippen molar-refractivity contribution in [3.8, 4) is 22.8 Å². The smallest absolute Gasteiger partial charge is 0.245 e. The van der Waals surface area contributed by atoms with E-state index in [1.807, 2.05) is 24.3 Å². The average molecular weight is 339 g/mol. The summed E-state index contributed by atoms with van der Waals surface area (Å²) in [5.74, 6) is 1.39. The molecular weight excluding hydrogens is 318 g/mol. The molecular formula is C19H21N3O3. The van der Waals surface area contributed by atoms with Gasteiger partial charge in [-0.1, -0.05) is 18.7 Å². The van der Waals surface area contributed by atoms with Crippen LogP contribution < -0.4 is 9.47 Å². The van der Waals surface area contributed by atoms with E-state index in [0.717, 1.165) is 29.8 Å². The number of benzene rings is 1. The third-order valence-electron chi connectivity index (χ3n) is 4.24. The van der Waals surface area contributed by atoms with Crippen LogP contribution in [-0.2, 0) is 4.79 Å². The third-order valence-corrected chi connectivity index (χ3v) is 4.24. The minimum atomic E-state index is -0.0173. The van der Waals surface area contributed by atoms with Crippen molar-refractivity contribution in [1.82, 2.24) is 14.9 Å². The molecule has 0 N–H and O–H groups in total. The number of hydrogen-bond donors (Lipinski definition) is 0. The zero-order valence-electron chi connectivity index (χ0n) is 14.2. The maximum atomic E-state index is 11.6. The fourth-order valence-electron chi connectivity index (χ4n) is 2.92. The van der Waals surface area contributed by atoms with Gasteiger partial charge in [0.15, 0.2) is 5.75 Å². The fourth-order valence-corrected chi connectivity index (χ4v) is 2.92. The van der Waals surface area contributed by atoms with Gasteiger partial charge in [-0.3, -0.25) is 4.79 Å². The standard InChI is InChI=1S/C19H21N3O3/c1-3-18(23)22-9-7-15(8-10-22)25-16-6-4-5-14(11-16)19-17(24-2)12-20-13-21-19/h3-6,11-13,15H,1,7-10H2,2H3. The Kier molecular flexibility index (Phi) is 5.28. The van der Waals surface area contributed by atoms with E-state index in [9.17, 15) is 4.79 Å². The second kappa shape index (κ2) is 7.79. The summed E-state index contributed by atoms with van der Waals surface area (Å²) in [6.07, 6.45) is 6.21. The molecule has 0 saturated carbocycles. The van der Waals surface area contributed by atoms with Gasteiger partial charge in [-0.25, -0.2) is 9.97 Å². The lowest BCUT2D eigenvalue weighted by Crippen LogP contribution is -2.41. The van der Waals surface area contributed by atoms with Crippen molar-refractivity contribution in [3.05, 3.63) is 49.4 Å². The predicted octanol–water partition coefficient (Wildman–Crippen LogP) is 2.71. The molecule has 3 rings (SSSR count). The molecule has 0 radical (unpaired) electrons. The maximum absolute atomic E-state index is 11.6. The molecule has 2 aromatic rings. The number of likely N-dealkylation sites (tertiary alicyclic amines) is 1. The minimum absolute atomic E-state index is 0.0173. The van der Waals surface area contributed by atoms with E-state index in [1.165, 1.54) is 12.4 Å². The van der Waals surface area contributed by atoms with Gasteiger partial charge in [0.1, 0.15) is 23.9 Å². The van der Waals surface area contributed by atoms with Gasteiger partial charge < -0.3 is 14.4 Å². The Balaban J connectivity index is 1.69. The summed E-state index contributed by atoms with van der Waals surface area (Å²) in [5.41, 5.74) is 1.64. The molecule has 0 bridgehead atoms. The molecule has 1 amide bonds. The molecule has 6 nitrogen and oxygen atoms in total. The van der Waals surface area contributed by atoms with E-state index in [1.54, 1.807) is 18.2 Å². The van der Waals surface area contributed by atoms with Gasteiger partial charge in [0, 0.05) is 31.5 Å². The van der Waals surface area contributed by atoms with E-state index in [0.29, 0.717) is 18.8 Å². The van der Waals surface area contributed by atoms with Crippen molar-refractivity contribution in [3.63, 3.8) is 0 Å². The van der Waals surface area contributed by atoms with Gasteiger partial charge in [-0.15, -0.1) is 0 Å². The highest BCUT2D eigenvalue weighted by atomic mass is 16.5. The Morgan fingerprint density at radius 1 is 1.36 bits per heavy atom. The van der Waals surface area contributed by atoms with E-state index in [-0.39, 0.29) is 12.0 Å². The predicted molar refractivity (Wildman–Crippen MR) is 94.4 cm³/mol. The summed E-state index contributed by atoms with van der Waals surface area (Å²) < 4.78 is 11.4. The summed E-state index contributed by atoms with van der Waals surface area (Å²) in [6.45, 7) is 4.91. The first-order valence-corrected chi connectivity index (χ1v) is 8.23. The number of nitrogens with zero attached hydrogens (tertiary/aromatic N) is 3. The molecule has 2 heterocycles. The van der Waals surface area contributed by atoms with Gasteiger partial charge in [0.25, 0.3) is 0 Å². The molecule has 1 aliphatic rings. The minimum Gasteiger partial charge on any atom is -0.493 e. The lowest BCUT2D eigenvalue weighted by atomic mass is 10.1. The van der Waals surface area contributed by atoms with Crippen LogP contribution in [0.15, 0.2) is 49.4 Å². The second-order valence-corrected chi connectivity index (χ2v) is 5.81. The molecule has 1 aliphatic heterocycles. The highest BCUT2D eigenvalue weighted by Gasteiger charge is 2.22. The number of amides is 1. The van der Waals surface area contributed by atoms with Gasteiger partial charge in [0.2, 0.25) is 5.91 Å². The van der Waals surface area contributed by atoms with Crippen LogP contribution in [0.4, 0.5) is 0 Å². The van der Waals surface area contributed by atoms with Crippen molar-refractivity contribution in [2.24, 2.45) is 0 Å². The van der Waals surface area contributed by atoms with E-state index in [2.05, 4.69) is 16.5 Å². The Morgan fingerprint density at radius 2 is 2.16 bits per heavy atom. The monoisotopic (exact) mass is 339 g/mol. The maximum Gasteiger partial charge on any atom is 0.245 e. The fraction of sp³-hybridized carbons (Fsp3) is 0.316. The first-order valence-electron chi connectivity index (χ1n) is 8.23. The van der Waals surface area contributed by atoms with Crippen LogP contribution in [0.25, 0.3) is 11.3 Å². The van der Waals surface area contributed by atoms with E-state index in [4.69, 9.17) is 9.47 Å². The Morgan fingerprint density at radius 3 is 2.88 bits per heavy atom. The number of hydrogen-bond acceptors (Lipinski definition) is 5. The molecule has 6 heteroatoms. The van der Waals surface area contributed by atoms with E-state index < -0.39 is 0 Å². The SMILES string of the molecule is C=CC(=O)N1CCC(Oc2cccc(-c3ncncc3OC)c2)CC1. The molecule has 0 aliphatic carbocycles. The van der Waals surface area contributed by atoms with Crippen LogP contribution in [0.3, 0.4) is 0 Å². The van der Waals surface area contributed by atoms with Crippen molar-refractivity contribution < 1.29 is 14.3 Å². The van der Waals surface area contributed by atoms with E-state index >= 15 is 0 Å². The topological polar surface area (TPSA) is 64.6 Å². The molecule has 0 spiro atoms. The van der Waals surface area contributed by atoms with Crippen molar-refractivity contribution in [1.29, 1.82) is 0 Å². The second-order valence-electron chi connectivity index (χ2n) is 5.81. The van der Waals surface area contributed by atoms with Crippen molar-refractivity contribution >= 4 is 5.91 Å². The number of methoxy groups -OCH3 is 1. The summed E-state index contributed by atoms with van der Waals surface area (Å²) in [6, 6.07) is 7.77. The lowest BCUT2D eigenvalue weighted by Gasteiger charge is -2.31. The summed E-state index contributed by atoms with van der Waals surface area (Å²) in [5, 5.41) is 0. The largest absolute Gasteiger partial charge is 0.493 e. The first kappa shape index (κ1) is 17.0. The quantitative estimate of drug-likeness (QED) is 0.784. The molecule has 1 aromatic carbocycles. The zero-order chi connectivity index (χ0) is 17.6. The summed E-state index contributed by atoms with van der Waals surface area (Å²) in [7, 11) is 1.60. The number of carbonyl (C=O) groups excluding carboxylic acids is 1. The number of piperidine rings is 1. The number of carbonyl (C=O) groups is 1. The molecule has 1 saturated heterocycles. The van der Waals surface area contributed by atoms with Crippen LogP contribution in [-0.4, -0.2) is 47.1 Å². The zero-order valence-corrected chi connectivity index (χ0v) is 14.2. The van der Waals surface area contributed by atoms with Crippen LogP contribution >= 0.6 is 0 Å². The molecule has 0 atom stereocenters. The Labute approximate surface area is 147 Å². The number of aromatic nitrogens is 2. The van der Waals surface area contributed by atoms with Crippen LogP contribution in [0.5, 0.6) is 11.5 Å². The van der Waals surface area contributed by atoms with Gasteiger partial charge >= 0.3 is 0 Å². The van der Waals surface area contributed by atoms with Crippen LogP contribution in [0.1, 0.15) is 12.8 Å². The van der Waals surface area contributed by atoms with Gasteiger partial charge in [0.05, 0.1) is 13.3 Å². The summed E-state index contributed by atoms with van der Waals surface area (Å²) >= 11 is 0. The third kappa shape index (κ3) is 3.96. The Bertz CT molecular complexity index is 755. The highest BCUT2D eigenvalue weighted by molar-refractivity contribution is 5.87. The van der Waals surface area contributed by atoms with Crippen molar-refractivity contribution in [2.45, 2.75) is 18.9 Å². The van der Waals surface area contributed by atoms with Crippen molar-refractivity contribution in [2.75, 3.05) is 20.2 Å². The average Bonchev–Trinajstić information content (AvgIpc) is 2.68. The molecule has 0 unspecified atom stereocenters. The highest BCUT2D eigenvalue weighted by Crippen LogP contribution is 2.30. The van der Waals surface area contributed by atoms with Crippen LogP contribution in [0, 0.1) is 0 Å². The summed E-state index contributed by atoms with van der Waals surface area (Å²) in [4.78, 5) is 21.7. The lowest BCUT2D eigenvalue weighted by molar-refractivity contribution is -0.127. The normalized spacial score (nSPS) is 14.8. The van der Waals surface area contributed by atoms with Gasteiger partial charge in [-0.2, -0.15) is 0 Å². The number of rotatable bonds is 5. The number of ether oxygens (including phenoxy) is 2. The first-order chi connectivity index (χ1) is 12.2. The Hall–Kier alpha value is -2.89. The molecule has 25 heavy (non-hydrogen) atoms. The van der Waals surface area contributed by atoms with Gasteiger partial charge in [-0.05, 0) is 18.2 Å². The van der Waals surface area contributed by atoms with Crippen LogP contribution in [0.2, 0.25) is 0 Å².